The van der Waals surface area contributed by atoms with E-state index in [9.17, 15) is 4.39 Å². The highest BCUT2D eigenvalue weighted by atomic mass is 32.2. The Morgan fingerprint density at radius 3 is 2.88 bits per heavy atom. The van der Waals surface area contributed by atoms with Gasteiger partial charge in [0.2, 0.25) is 0 Å². The van der Waals surface area contributed by atoms with Crippen molar-refractivity contribution in [1.29, 1.82) is 0 Å². The maximum Gasteiger partial charge on any atom is 0.191 e. The third kappa shape index (κ3) is 3.56. The van der Waals surface area contributed by atoms with Crippen molar-refractivity contribution in [3.8, 4) is 0 Å². The Morgan fingerprint density at radius 2 is 2.12 bits per heavy atom. The summed E-state index contributed by atoms with van der Waals surface area (Å²) in [5, 5.41) is 1.66. The third-order valence-corrected chi connectivity index (χ3v) is 6.53. The van der Waals surface area contributed by atoms with E-state index in [0.717, 1.165) is 35.0 Å². The van der Waals surface area contributed by atoms with Crippen molar-refractivity contribution in [2.45, 2.75) is 49.8 Å². The van der Waals surface area contributed by atoms with E-state index in [2.05, 4.69) is 11.9 Å². The Balaban J connectivity index is 1.58. The van der Waals surface area contributed by atoms with E-state index in [1.807, 2.05) is 0 Å². The summed E-state index contributed by atoms with van der Waals surface area (Å²) in [5.41, 5.74) is 8.58. The highest BCUT2D eigenvalue weighted by molar-refractivity contribution is 7.98. The minimum absolute atomic E-state index is 0.228. The Bertz CT molecular complexity index is 927. The van der Waals surface area contributed by atoms with Crippen molar-refractivity contribution in [2.24, 2.45) is 0 Å². The molecule has 4 rings (SSSR count). The predicted molar refractivity (Wildman–Crippen MR) is 105 cm³/mol. The zero-order valence-electron chi connectivity index (χ0n) is 14.5. The lowest BCUT2D eigenvalue weighted by molar-refractivity contribution is 0.0254. The number of aromatic nitrogens is 2. The summed E-state index contributed by atoms with van der Waals surface area (Å²) in [7, 11) is 0. The smallest absolute Gasteiger partial charge is 0.191 e. The number of hydrogen-bond donors (Lipinski definition) is 1. The molecular formula is C19H20FN3OS2. The second-order valence-corrected chi connectivity index (χ2v) is 8.44. The fourth-order valence-corrected chi connectivity index (χ4v) is 5.22. The largest absolute Gasteiger partial charge is 0.383 e. The van der Waals surface area contributed by atoms with E-state index < -0.39 is 0 Å². The normalized spacial score (nSPS) is 16.8. The van der Waals surface area contributed by atoms with Crippen molar-refractivity contribution in [3.05, 3.63) is 46.1 Å². The van der Waals surface area contributed by atoms with Crippen LogP contribution in [0, 0.1) is 5.82 Å². The van der Waals surface area contributed by atoms with Crippen LogP contribution in [-0.2, 0) is 23.5 Å². The zero-order valence-corrected chi connectivity index (χ0v) is 16.1. The molecule has 1 aliphatic rings. The molecule has 0 saturated carbocycles. The monoisotopic (exact) mass is 389 g/mol. The molecule has 0 spiro atoms. The molecule has 0 amide bonds. The summed E-state index contributed by atoms with van der Waals surface area (Å²) >= 11 is 3.17. The molecule has 136 valence electrons. The predicted octanol–water partition coefficient (Wildman–Crippen LogP) is 4.95. The lowest BCUT2D eigenvalue weighted by atomic mass is 10.0. The minimum atomic E-state index is -0.228. The van der Waals surface area contributed by atoms with Gasteiger partial charge in [-0.1, -0.05) is 37.2 Å². The van der Waals surface area contributed by atoms with Crippen LogP contribution in [0.2, 0.25) is 0 Å². The van der Waals surface area contributed by atoms with Crippen molar-refractivity contribution < 1.29 is 9.13 Å². The van der Waals surface area contributed by atoms with Crippen molar-refractivity contribution in [1.82, 2.24) is 9.97 Å². The van der Waals surface area contributed by atoms with Gasteiger partial charge in [-0.3, -0.25) is 0 Å². The van der Waals surface area contributed by atoms with Crippen LogP contribution >= 0.6 is 23.1 Å². The average molecular weight is 390 g/mol. The van der Waals surface area contributed by atoms with E-state index in [-0.39, 0.29) is 11.9 Å². The first-order valence-electron chi connectivity index (χ1n) is 8.70. The summed E-state index contributed by atoms with van der Waals surface area (Å²) in [6.07, 6.45) is 3.32. The zero-order chi connectivity index (χ0) is 18.1. The van der Waals surface area contributed by atoms with Gasteiger partial charge in [-0.2, -0.15) is 0 Å². The van der Waals surface area contributed by atoms with E-state index in [0.29, 0.717) is 23.3 Å². The lowest BCUT2D eigenvalue weighted by Gasteiger charge is -2.22. The van der Waals surface area contributed by atoms with Crippen LogP contribution in [0.15, 0.2) is 29.4 Å². The Kier molecular flexibility index (Phi) is 5.11. The first kappa shape index (κ1) is 17.7. The van der Waals surface area contributed by atoms with Crippen molar-refractivity contribution in [2.75, 3.05) is 5.73 Å². The van der Waals surface area contributed by atoms with Crippen LogP contribution in [-0.4, -0.2) is 16.1 Å². The number of nitrogen functional groups attached to an aromatic ring is 1. The van der Waals surface area contributed by atoms with Gasteiger partial charge in [0, 0.05) is 17.1 Å². The number of benzene rings is 1. The van der Waals surface area contributed by atoms with Crippen molar-refractivity contribution >= 4 is 39.1 Å². The number of thiophene rings is 1. The van der Waals surface area contributed by atoms with Crippen LogP contribution in [0.1, 0.15) is 35.8 Å². The highest BCUT2D eigenvalue weighted by Crippen LogP contribution is 2.39. The first-order valence-corrected chi connectivity index (χ1v) is 10.5. The number of ether oxygens (including phenoxy) is 1. The van der Waals surface area contributed by atoms with Gasteiger partial charge in [0.15, 0.2) is 5.16 Å². The molecule has 7 heteroatoms. The maximum absolute atomic E-state index is 13.0. The van der Waals surface area contributed by atoms with Gasteiger partial charge >= 0.3 is 0 Å². The minimum Gasteiger partial charge on any atom is -0.383 e. The van der Waals surface area contributed by atoms with Crippen LogP contribution in [0.5, 0.6) is 0 Å². The van der Waals surface area contributed by atoms with E-state index >= 15 is 0 Å². The van der Waals surface area contributed by atoms with Gasteiger partial charge in [0.05, 0.1) is 18.1 Å². The molecule has 2 aromatic heterocycles. The van der Waals surface area contributed by atoms with Gasteiger partial charge in [0.25, 0.3) is 0 Å². The average Bonchev–Trinajstić information content (AvgIpc) is 3.00. The third-order valence-electron chi connectivity index (χ3n) is 4.52. The molecule has 0 radical (unpaired) electrons. The van der Waals surface area contributed by atoms with Gasteiger partial charge in [-0.15, -0.1) is 11.3 Å². The number of hydrogen-bond acceptors (Lipinski definition) is 6. The topological polar surface area (TPSA) is 61.0 Å². The molecule has 1 aliphatic heterocycles. The molecule has 1 unspecified atom stereocenters. The first-order chi connectivity index (χ1) is 12.6. The maximum atomic E-state index is 13.0. The second kappa shape index (κ2) is 7.50. The van der Waals surface area contributed by atoms with Crippen LogP contribution in [0.3, 0.4) is 0 Å². The quantitative estimate of drug-likeness (QED) is 0.494. The molecular weight excluding hydrogens is 369 g/mol. The number of fused-ring (bicyclic) bond motifs is 3. The van der Waals surface area contributed by atoms with E-state index in [1.54, 1.807) is 23.5 Å². The number of nitrogens with two attached hydrogens (primary N) is 1. The molecule has 0 saturated heterocycles. The number of thioether (sulfide) groups is 1. The molecule has 26 heavy (non-hydrogen) atoms. The molecule has 3 aromatic rings. The van der Waals surface area contributed by atoms with Crippen LogP contribution in [0.25, 0.3) is 10.2 Å². The molecule has 2 N–H and O–H groups in total. The SMILES string of the molecule is CCCC1Cc2c(sc3nc(SCc4ccc(F)cc4)nc(N)c23)CO1. The summed E-state index contributed by atoms with van der Waals surface area (Å²) in [5.74, 6) is 0.998. The molecule has 3 heterocycles. The fourth-order valence-electron chi connectivity index (χ4n) is 3.22. The fraction of sp³-hybridized carbons (Fsp3) is 0.368. The van der Waals surface area contributed by atoms with Crippen molar-refractivity contribution in [3.63, 3.8) is 0 Å². The van der Waals surface area contributed by atoms with Crippen LogP contribution < -0.4 is 5.73 Å². The summed E-state index contributed by atoms with van der Waals surface area (Å²) in [4.78, 5) is 11.4. The molecule has 1 aromatic carbocycles. The summed E-state index contributed by atoms with van der Waals surface area (Å²) in [6.45, 7) is 2.81. The highest BCUT2D eigenvalue weighted by Gasteiger charge is 2.25. The van der Waals surface area contributed by atoms with Crippen LogP contribution in [0.4, 0.5) is 10.2 Å². The number of rotatable bonds is 5. The lowest BCUT2D eigenvalue weighted by Crippen LogP contribution is -2.21. The number of anilines is 1. The summed E-state index contributed by atoms with van der Waals surface area (Å²) < 4.78 is 19.0. The molecule has 0 bridgehead atoms. The molecule has 4 nitrogen and oxygen atoms in total. The summed E-state index contributed by atoms with van der Waals surface area (Å²) in [6, 6.07) is 6.49. The Labute approximate surface area is 160 Å². The molecule has 0 aliphatic carbocycles. The standard InChI is InChI=1S/C19H20FN3OS2/c1-2-3-13-8-14-15(9-24-13)26-18-16(14)17(21)22-19(23-18)25-10-11-4-6-12(20)7-5-11/h4-7,13H,2-3,8-10H2,1H3,(H2,21,22,23). The van der Waals surface area contributed by atoms with Gasteiger partial charge in [-0.05, 0) is 29.7 Å². The number of nitrogens with zero attached hydrogens (tertiary/aromatic N) is 2. The number of halogens is 1. The van der Waals surface area contributed by atoms with E-state index in [1.165, 1.54) is 34.3 Å². The Morgan fingerprint density at radius 1 is 1.31 bits per heavy atom. The Hall–Kier alpha value is -1.70. The van der Waals surface area contributed by atoms with E-state index in [4.69, 9.17) is 15.5 Å². The second-order valence-electron chi connectivity index (χ2n) is 6.42. The molecule has 1 atom stereocenters. The van der Waals surface area contributed by atoms with Gasteiger partial charge in [-0.25, -0.2) is 14.4 Å². The molecule has 0 fully saturated rings. The van der Waals surface area contributed by atoms with Gasteiger partial charge in [0.1, 0.15) is 16.5 Å². The van der Waals surface area contributed by atoms with Gasteiger partial charge < -0.3 is 10.5 Å².